The lowest BCUT2D eigenvalue weighted by molar-refractivity contribution is -0.137. The standard InChI is InChI=1S/C14H18N2O4/c1-2-13(17)19-7-3-4-8-20-14(18)11-6-5-10(15)9-12(11)16/h2,5-6,9H,1,3-4,7-8,15-16H2. The van der Waals surface area contributed by atoms with Gasteiger partial charge >= 0.3 is 11.9 Å². The summed E-state index contributed by atoms with van der Waals surface area (Å²) in [4.78, 5) is 22.5. The van der Waals surface area contributed by atoms with Crippen molar-refractivity contribution in [3.8, 4) is 0 Å². The second-order valence-electron chi connectivity index (χ2n) is 4.06. The molecule has 1 aromatic rings. The first-order valence-corrected chi connectivity index (χ1v) is 6.16. The van der Waals surface area contributed by atoms with Crippen LogP contribution in [0.15, 0.2) is 30.9 Å². The molecule has 0 fully saturated rings. The molecule has 108 valence electrons. The van der Waals surface area contributed by atoms with E-state index in [1.54, 1.807) is 6.07 Å². The number of benzene rings is 1. The monoisotopic (exact) mass is 278 g/mol. The molecule has 0 aliphatic heterocycles. The average molecular weight is 278 g/mol. The quantitative estimate of drug-likeness (QED) is 0.339. The van der Waals surface area contributed by atoms with Gasteiger partial charge in [0.25, 0.3) is 0 Å². The zero-order valence-electron chi connectivity index (χ0n) is 11.1. The summed E-state index contributed by atoms with van der Waals surface area (Å²) in [6.45, 7) is 3.78. The van der Waals surface area contributed by atoms with E-state index in [0.29, 0.717) is 18.5 Å². The van der Waals surface area contributed by atoms with Gasteiger partial charge in [-0.15, -0.1) is 0 Å². The summed E-state index contributed by atoms with van der Waals surface area (Å²) in [5, 5.41) is 0. The van der Waals surface area contributed by atoms with E-state index >= 15 is 0 Å². The molecule has 0 spiro atoms. The van der Waals surface area contributed by atoms with Crippen molar-refractivity contribution in [2.75, 3.05) is 24.7 Å². The van der Waals surface area contributed by atoms with Gasteiger partial charge in [-0.25, -0.2) is 9.59 Å². The van der Waals surface area contributed by atoms with Gasteiger partial charge in [0.15, 0.2) is 0 Å². The maximum Gasteiger partial charge on any atom is 0.340 e. The largest absolute Gasteiger partial charge is 0.463 e. The number of esters is 2. The Labute approximate surface area is 117 Å². The van der Waals surface area contributed by atoms with E-state index in [0.717, 1.165) is 6.08 Å². The third-order valence-electron chi connectivity index (χ3n) is 2.48. The van der Waals surface area contributed by atoms with Crippen LogP contribution >= 0.6 is 0 Å². The van der Waals surface area contributed by atoms with Crippen LogP contribution in [0, 0.1) is 0 Å². The van der Waals surface area contributed by atoms with Crippen molar-refractivity contribution in [1.29, 1.82) is 0 Å². The number of unbranched alkanes of at least 4 members (excludes halogenated alkanes) is 1. The van der Waals surface area contributed by atoms with E-state index in [-0.39, 0.29) is 24.5 Å². The summed E-state index contributed by atoms with van der Waals surface area (Å²) in [6, 6.07) is 4.62. The summed E-state index contributed by atoms with van der Waals surface area (Å²) in [5.41, 5.74) is 12.3. The maximum atomic E-state index is 11.7. The van der Waals surface area contributed by atoms with Gasteiger partial charge < -0.3 is 20.9 Å². The van der Waals surface area contributed by atoms with Gasteiger partial charge in [-0.2, -0.15) is 0 Å². The van der Waals surface area contributed by atoms with Crippen LogP contribution in [-0.4, -0.2) is 25.2 Å². The van der Waals surface area contributed by atoms with Crippen molar-refractivity contribution in [3.05, 3.63) is 36.4 Å². The molecule has 1 rings (SSSR count). The summed E-state index contributed by atoms with van der Waals surface area (Å²) in [6.07, 6.45) is 2.29. The fraction of sp³-hybridized carbons (Fsp3) is 0.286. The van der Waals surface area contributed by atoms with Crippen molar-refractivity contribution < 1.29 is 19.1 Å². The molecule has 6 nitrogen and oxygen atoms in total. The highest BCUT2D eigenvalue weighted by molar-refractivity contribution is 5.95. The van der Waals surface area contributed by atoms with Crippen molar-refractivity contribution in [3.63, 3.8) is 0 Å². The molecule has 0 aliphatic carbocycles. The summed E-state index contributed by atoms with van der Waals surface area (Å²) < 4.78 is 9.85. The molecule has 0 radical (unpaired) electrons. The van der Waals surface area contributed by atoms with Crippen molar-refractivity contribution in [1.82, 2.24) is 0 Å². The zero-order chi connectivity index (χ0) is 15.0. The second kappa shape index (κ2) is 7.83. The van der Waals surface area contributed by atoms with Crippen LogP contribution in [0.3, 0.4) is 0 Å². The van der Waals surface area contributed by atoms with Crippen LogP contribution in [0.2, 0.25) is 0 Å². The van der Waals surface area contributed by atoms with E-state index in [1.807, 2.05) is 0 Å². The van der Waals surface area contributed by atoms with Gasteiger partial charge in [0, 0.05) is 17.5 Å². The highest BCUT2D eigenvalue weighted by atomic mass is 16.5. The summed E-state index contributed by atoms with van der Waals surface area (Å²) >= 11 is 0. The number of hydrogen-bond donors (Lipinski definition) is 2. The minimum Gasteiger partial charge on any atom is -0.463 e. The second-order valence-corrected chi connectivity index (χ2v) is 4.06. The lowest BCUT2D eigenvalue weighted by atomic mass is 10.1. The van der Waals surface area contributed by atoms with Crippen LogP contribution in [0.1, 0.15) is 23.2 Å². The number of carbonyl (C=O) groups excluding carboxylic acids is 2. The number of carbonyl (C=O) groups is 2. The fourth-order valence-electron chi connectivity index (χ4n) is 1.45. The Balaban J connectivity index is 2.26. The lowest BCUT2D eigenvalue weighted by Gasteiger charge is -2.07. The highest BCUT2D eigenvalue weighted by Gasteiger charge is 2.10. The lowest BCUT2D eigenvalue weighted by Crippen LogP contribution is -2.10. The number of nitrogen functional groups attached to an aromatic ring is 2. The van der Waals surface area contributed by atoms with Gasteiger partial charge in [0.05, 0.1) is 18.8 Å². The highest BCUT2D eigenvalue weighted by Crippen LogP contribution is 2.16. The molecule has 4 N–H and O–H groups in total. The molecule has 1 aromatic carbocycles. The molecule has 6 heteroatoms. The SMILES string of the molecule is C=CC(=O)OCCCCOC(=O)c1ccc(N)cc1N. The first kappa shape index (κ1) is 15.6. The minimum atomic E-state index is -0.495. The Morgan fingerprint density at radius 2 is 1.80 bits per heavy atom. The normalized spacial score (nSPS) is 9.80. The molecular formula is C14H18N2O4. The fourth-order valence-corrected chi connectivity index (χ4v) is 1.45. The van der Waals surface area contributed by atoms with Gasteiger partial charge in [0.1, 0.15) is 0 Å². The predicted octanol–water partition coefficient (Wildman–Crippen LogP) is 1.52. The Bertz CT molecular complexity index is 500. The molecular weight excluding hydrogens is 260 g/mol. The van der Waals surface area contributed by atoms with Crippen LogP contribution in [0.4, 0.5) is 11.4 Å². The van der Waals surface area contributed by atoms with Gasteiger partial charge in [-0.05, 0) is 31.0 Å². The smallest absolute Gasteiger partial charge is 0.340 e. The third-order valence-corrected chi connectivity index (χ3v) is 2.48. The Kier molecular flexibility index (Phi) is 6.09. The van der Waals surface area contributed by atoms with Crippen molar-refractivity contribution in [2.45, 2.75) is 12.8 Å². The molecule has 0 atom stereocenters. The van der Waals surface area contributed by atoms with Crippen LogP contribution in [0.5, 0.6) is 0 Å². The minimum absolute atomic E-state index is 0.230. The molecule has 0 aliphatic rings. The number of ether oxygens (including phenoxy) is 2. The summed E-state index contributed by atoms with van der Waals surface area (Å²) in [5.74, 6) is -0.956. The van der Waals surface area contributed by atoms with Crippen LogP contribution < -0.4 is 11.5 Å². The Morgan fingerprint density at radius 3 is 2.40 bits per heavy atom. The van der Waals surface area contributed by atoms with E-state index in [2.05, 4.69) is 6.58 Å². The predicted molar refractivity (Wildman–Crippen MR) is 75.9 cm³/mol. The molecule has 0 saturated heterocycles. The number of hydrogen-bond acceptors (Lipinski definition) is 6. The first-order valence-electron chi connectivity index (χ1n) is 6.16. The Morgan fingerprint density at radius 1 is 1.15 bits per heavy atom. The van der Waals surface area contributed by atoms with Crippen LogP contribution in [0.25, 0.3) is 0 Å². The number of anilines is 2. The maximum absolute atomic E-state index is 11.7. The van der Waals surface area contributed by atoms with Gasteiger partial charge in [0.2, 0.25) is 0 Å². The van der Waals surface area contributed by atoms with Gasteiger partial charge in [-0.3, -0.25) is 0 Å². The molecule has 20 heavy (non-hydrogen) atoms. The molecule has 0 bridgehead atoms. The first-order chi connectivity index (χ1) is 9.54. The van der Waals surface area contributed by atoms with Crippen molar-refractivity contribution >= 4 is 23.3 Å². The van der Waals surface area contributed by atoms with E-state index in [1.165, 1.54) is 12.1 Å². The zero-order valence-corrected chi connectivity index (χ0v) is 11.1. The molecule has 0 aromatic heterocycles. The molecule has 0 saturated carbocycles. The van der Waals surface area contributed by atoms with Gasteiger partial charge in [-0.1, -0.05) is 6.58 Å². The van der Waals surface area contributed by atoms with E-state index in [9.17, 15) is 9.59 Å². The molecule has 0 unspecified atom stereocenters. The Hall–Kier alpha value is -2.50. The van der Waals surface area contributed by atoms with E-state index in [4.69, 9.17) is 20.9 Å². The summed E-state index contributed by atoms with van der Waals surface area (Å²) in [7, 11) is 0. The number of nitrogens with two attached hydrogens (primary N) is 2. The molecule has 0 heterocycles. The average Bonchev–Trinajstić information content (AvgIpc) is 2.42. The van der Waals surface area contributed by atoms with Crippen molar-refractivity contribution in [2.24, 2.45) is 0 Å². The van der Waals surface area contributed by atoms with E-state index < -0.39 is 11.9 Å². The van der Waals surface area contributed by atoms with Crippen LogP contribution in [-0.2, 0) is 14.3 Å². The third kappa shape index (κ3) is 5.01. The number of rotatable bonds is 7. The topological polar surface area (TPSA) is 105 Å². The molecule has 0 amide bonds.